The molecule has 9 nitrogen and oxygen atoms in total. The van der Waals surface area contributed by atoms with Crippen LogP contribution in [0.4, 0.5) is 0 Å². The first-order valence-corrected chi connectivity index (χ1v) is 11.5. The summed E-state index contributed by atoms with van der Waals surface area (Å²) >= 11 is 0. The summed E-state index contributed by atoms with van der Waals surface area (Å²) in [7, 11) is 0. The van der Waals surface area contributed by atoms with E-state index in [1.807, 2.05) is 24.3 Å². The molecule has 0 radical (unpaired) electrons. The Morgan fingerprint density at radius 1 is 1.00 bits per heavy atom. The van der Waals surface area contributed by atoms with Crippen molar-refractivity contribution in [2.75, 3.05) is 6.54 Å². The summed E-state index contributed by atoms with van der Waals surface area (Å²) in [5.41, 5.74) is 7.16. The summed E-state index contributed by atoms with van der Waals surface area (Å²) in [5, 5.41) is 39.4. The summed E-state index contributed by atoms with van der Waals surface area (Å²) in [4.78, 5) is 24.7. The summed E-state index contributed by atoms with van der Waals surface area (Å²) in [5.74, 6) is -2.34. The van der Waals surface area contributed by atoms with E-state index >= 15 is 0 Å². The first kappa shape index (κ1) is 27.0. The van der Waals surface area contributed by atoms with Crippen molar-refractivity contribution in [1.29, 1.82) is 0 Å². The van der Waals surface area contributed by atoms with E-state index in [1.165, 1.54) is 39.9 Å². The number of carboxylic acid groups (broad SMARTS) is 1. The van der Waals surface area contributed by atoms with E-state index in [2.05, 4.69) is 41.5 Å². The summed E-state index contributed by atoms with van der Waals surface area (Å²) in [6.45, 7) is 3.82. The van der Waals surface area contributed by atoms with Gasteiger partial charge in [-0.1, -0.05) is 42.5 Å². The number of nitrogens with one attached hydrogen (secondary N) is 3. The van der Waals surface area contributed by atoms with Gasteiger partial charge in [0.15, 0.2) is 0 Å². The van der Waals surface area contributed by atoms with E-state index in [0.717, 1.165) is 37.2 Å². The standard InChI is InChI=1S/C21H23N3O2.C7H6O4/c1-15-18(19-4-2-3-5-20(19)23-15)12-13-22-14-17-8-6-16(7-9-17)10-11-21(25)24-26;8-4-1-2-6(9)5(3-4)7(10)11/h2-11,22-23,26H,12-14H2,1H3,(H,24,25);1-3,8-9H,(H,10,11)/b11-10+;. The lowest BCUT2D eigenvalue weighted by Gasteiger charge is -2.06. The number of aryl methyl sites for hydroxylation is 1. The minimum Gasteiger partial charge on any atom is -0.508 e. The molecule has 0 bridgehead atoms. The van der Waals surface area contributed by atoms with Crippen LogP contribution in [0.25, 0.3) is 17.0 Å². The number of para-hydroxylation sites is 1. The highest BCUT2D eigenvalue weighted by molar-refractivity contribution is 5.91. The molecule has 0 atom stereocenters. The second-order valence-electron chi connectivity index (χ2n) is 8.26. The van der Waals surface area contributed by atoms with E-state index in [4.69, 9.17) is 20.5 Å². The molecular formula is C28H29N3O6. The average Bonchev–Trinajstić information content (AvgIpc) is 3.22. The van der Waals surface area contributed by atoms with Crippen molar-refractivity contribution < 1.29 is 30.1 Å². The fraction of sp³-hybridized carbons (Fsp3) is 0.143. The largest absolute Gasteiger partial charge is 0.508 e. The molecule has 9 heteroatoms. The van der Waals surface area contributed by atoms with Crippen molar-refractivity contribution in [3.05, 3.63) is 101 Å². The van der Waals surface area contributed by atoms with Gasteiger partial charge >= 0.3 is 5.97 Å². The normalized spacial score (nSPS) is 10.8. The predicted molar refractivity (Wildman–Crippen MR) is 141 cm³/mol. The zero-order valence-electron chi connectivity index (χ0n) is 20.2. The molecule has 1 amide bonds. The molecule has 3 aromatic carbocycles. The Bertz CT molecular complexity index is 1390. The van der Waals surface area contributed by atoms with Gasteiger partial charge in [-0.15, -0.1) is 0 Å². The smallest absolute Gasteiger partial charge is 0.339 e. The van der Waals surface area contributed by atoms with Crippen LogP contribution < -0.4 is 10.8 Å². The van der Waals surface area contributed by atoms with Gasteiger partial charge in [-0.2, -0.15) is 0 Å². The second-order valence-corrected chi connectivity index (χ2v) is 8.26. The molecule has 0 fully saturated rings. The molecule has 0 aliphatic carbocycles. The maximum Gasteiger partial charge on any atom is 0.339 e. The van der Waals surface area contributed by atoms with Gasteiger partial charge in [-0.25, -0.2) is 10.3 Å². The van der Waals surface area contributed by atoms with Crippen LogP contribution in [0.2, 0.25) is 0 Å². The van der Waals surface area contributed by atoms with Crippen LogP contribution in [0, 0.1) is 6.92 Å². The van der Waals surface area contributed by atoms with Crippen molar-refractivity contribution in [1.82, 2.24) is 15.8 Å². The van der Waals surface area contributed by atoms with E-state index in [0.29, 0.717) is 0 Å². The minimum absolute atomic E-state index is 0.180. The molecule has 1 heterocycles. The Kier molecular flexibility index (Phi) is 9.42. The number of aromatic nitrogens is 1. The zero-order chi connectivity index (χ0) is 26.8. The van der Waals surface area contributed by atoms with Gasteiger partial charge in [0.2, 0.25) is 0 Å². The van der Waals surface area contributed by atoms with E-state index < -0.39 is 11.9 Å². The number of benzene rings is 3. The number of aromatic carboxylic acids is 1. The second kappa shape index (κ2) is 12.9. The number of hydroxylamine groups is 1. The van der Waals surface area contributed by atoms with Crippen LogP contribution in [0.3, 0.4) is 0 Å². The number of fused-ring (bicyclic) bond motifs is 1. The Morgan fingerprint density at radius 3 is 2.41 bits per heavy atom. The van der Waals surface area contributed by atoms with Gasteiger partial charge in [0, 0.05) is 29.2 Å². The van der Waals surface area contributed by atoms with Gasteiger partial charge in [-0.05, 0) is 66.9 Å². The highest BCUT2D eigenvalue weighted by Gasteiger charge is 2.09. The van der Waals surface area contributed by atoms with Crippen molar-refractivity contribution in [2.24, 2.45) is 0 Å². The third-order valence-electron chi connectivity index (χ3n) is 5.64. The fourth-order valence-electron chi connectivity index (χ4n) is 3.75. The van der Waals surface area contributed by atoms with Gasteiger partial charge in [0.05, 0.1) is 0 Å². The minimum atomic E-state index is -1.27. The summed E-state index contributed by atoms with van der Waals surface area (Å²) < 4.78 is 0. The number of carbonyl (C=O) groups excluding carboxylic acids is 1. The molecule has 0 saturated carbocycles. The predicted octanol–water partition coefficient (Wildman–Crippen LogP) is 4.12. The Morgan fingerprint density at radius 2 is 1.73 bits per heavy atom. The van der Waals surface area contributed by atoms with Crippen LogP contribution in [-0.4, -0.2) is 43.9 Å². The number of carboxylic acids is 1. The molecule has 192 valence electrons. The number of rotatable bonds is 8. The van der Waals surface area contributed by atoms with Crippen molar-refractivity contribution in [3.63, 3.8) is 0 Å². The molecular weight excluding hydrogens is 474 g/mol. The maximum atomic E-state index is 11.0. The van der Waals surface area contributed by atoms with E-state index in [9.17, 15) is 9.59 Å². The van der Waals surface area contributed by atoms with Crippen molar-refractivity contribution in [2.45, 2.75) is 19.9 Å². The first-order valence-electron chi connectivity index (χ1n) is 11.5. The molecule has 7 N–H and O–H groups in total. The molecule has 4 aromatic rings. The van der Waals surface area contributed by atoms with Crippen LogP contribution in [0.5, 0.6) is 11.5 Å². The number of hydrogen-bond donors (Lipinski definition) is 7. The number of aromatic hydroxyl groups is 2. The molecule has 0 spiro atoms. The summed E-state index contributed by atoms with van der Waals surface area (Å²) in [6.07, 6.45) is 3.92. The first-order chi connectivity index (χ1) is 17.8. The van der Waals surface area contributed by atoms with Gasteiger partial charge < -0.3 is 25.6 Å². The Balaban J connectivity index is 0.000000289. The van der Waals surface area contributed by atoms with Gasteiger partial charge in [0.25, 0.3) is 5.91 Å². The van der Waals surface area contributed by atoms with Crippen LogP contribution in [0.1, 0.15) is 32.7 Å². The molecule has 4 rings (SSSR count). The number of amides is 1. The maximum absolute atomic E-state index is 11.0. The number of H-pyrrole nitrogens is 1. The third-order valence-corrected chi connectivity index (χ3v) is 5.64. The molecule has 37 heavy (non-hydrogen) atoms. The summed E-state index contributed by atoms with van der Waals surface area (Å²) in [6, 6.07) is 19.7. The van der Waals surface area contributed by atoms with Crippen molar-refractivity contribution in [3.8, 4) is 11.5 Å². The molecule has 0 unspecified atom stereocenters. The number of carbonyl (C=O) groups is 2. The van der Waals surface area contributed by atoms with E-state index in [1.54, 1.807) is 11.6 Å². The molecule has 0 aliphatic rings. The average molecular weight is 504 g/mol. The van der Waals surface area contributed by atoms with Gasteiger partial charge in [0.1, 0.15) is 17.1 Å². The highest BCUT2D eigenvalue weighted by atomic mass is 16.5. The van der Waals surface area contributed by atoms with Gasteiger partial charge in [-0.3, -0.25) is 10.0 Å². The zero-order valence-corrected chi connectivity index (χ0v) is 20.2. The number of phenols is 2. The third kappa shape index (κ3) is 7.69. The number of phenolic OH excluding ortho intramolecular Hbond substituents is 1. The quantitative estimate of drug-likeness (QED) is 0.0627. The topological polar surface area (TPSA) is 155 Å². The number of aromatic amines is 1. The molecule has 0 aliphatic heterocycles. The lowest BCUT2D eigenvalue weighted by molar-refractivity contribution is -0.124. The lowest BCUT2D eigenvalue weighted by Crippen LogP contribution is -2.16. The van der Waals surface area contributed by atoms with Crippen LogP contribution >= 0.6 is 0 Å². The van der Waals surface area contributed by atoms with Crippen LogP contribution in [0.15, 0.2) is 72.8 Å². The monoisotopic (exact) mass is 503 g/mol. The molecule has 0 saturated heterocycles. The highest BCUT2D eigenvalue weighted by Crippen LogP contribution is 2.22. The Hall–Kier alpha value is -4.60. The molecule has 1 aromatic heterocycles. The van der Waals surface area contributed by atoms with Crippen LogP contribution in [-0.2, 0) is 17.8 Å². The van der Waals surface area contributed by atoms with Crippen molar-refractivity contribution >= 4 is 28.9 Å². The number of hydrogen-bond acceptors (Lipinski definition) is 6. The van der Waals surface area contributed by atoms with E-state index in [-0.39, 0.29) is 17.1 Å². The SMILES string of the molecule is Cc1[nH]c2ccccc2c1CCNCc1ccc(/C=C/C(=O)NO)cc1.O=C(O)c1cc(O)ccc1O. The lowest BCUT2D eigenvalue weighted by atomic mass is 10.1. The fourth-order valence-corrected chi connectivity index (χ4v) is 3.75. The Labute approximate surface area is 213 Å².